The van der Waals surface area contributed by atoms with Gasteiger partial charge in [0.05, 0.1) is 41.8 Å². The number of unbranched alkanes of at least 4 members (excludes halogenated alkanes) is 2. The lowest BCUT2D eigenvalue weighted by Crippen LogP contribution is -2.49. The van der Waals surface area contributed by atoms with Crippen LogP contribution in [-0.4, -0.2) is 71.5 Å². The molecule has 1 aromatic heterocycles. The minimum absolute atomic E-state index is 0.0813. The van der Waals surface area contributed by atoms with E-state index >= 15 is 0 Å². The van der Waals surface area contributed by atoms with Crippen molar-refractivity contribution in [3.8, 4) is 17.1 Å². The highest BCUT2D eigenvalue weighted by molar-refractivity contribution is 7.60. The van der Waals surface area contributed by atoms with Crippen molar-refractivity contribution in [2.24, 2.45) is 5.92 Å². The lowest BCUT2D eigenvalue weighted by Gasteiger charge is -2.31. The van der Waals surface area contributed by atoms with Gasteiger partial charge in [0.1, 0.15) is 17.3 Å². The summed E-state index contributed by atoms with van der Waals surface area (Å²) in [5, 5.41) is 5.73. The van der Waals surface area contributed by atoms with Crippen LogP contribution in [0, 0.1) is 11.7 Å². The van der Waals surface area contributed by atoms with Crippen LogP contribution < -0.4 is 25.6 Å². The molecule has 2 aromatic carbocycles. The number of amides is 3. The minimum Gasteiger partial charge on any atom is -0.494 e. The van der Waals surface area contributed by atoms with Gasteiger partial charge in [-0.2, -0.15) is 5.06 Å². The summed E-state index contributed by atoms with van der Waals surface area (Å²) in [5.74, 6) is -3.27. The van der Waals surface area contributed by atoms with E-state index < -0.39 is 43.2 Å². The first-order chi connectivity index (χ1) is 24.9. The van der Waals surface area contributed by atoms with Gasteiger partial charge >= 0.3 is 13.6 Å². The number of furan rings is 1. The molecule has 0 bridgehead atoms. The molecule has 1 saturated heterocycles. The SMILES string of the molecule is CCCCCC(C(=O)NCNC(=O)c1ccc(-c2cc(OCC)cc(P(=O)(O)O)c2)o1)C(CC)N(C=O)OC(=O)c1ccc(N2CCCC2)c(F)c1. The maximum absolute atomic E-state index is 14.9. The van der Waals surface area contributed by atoms with Gasteiger partial charge in [-0.3, -0.25) is 18.9 Å². The van der Waals surface area contributed by atoms with Gasteiger partial charge in [0.2, 0.25) is 12.3 Å². The van der Waals surface area contributed by atoms with E-state index in [1.165, 1.54) is 42.5 Å². The van der Waals surface area contributed by atoms with Crippen LogP contribution in [-0.2, 0) is 19.0 Å². The molecule has 3 aromatic rings. The number of hydrogen-bond donors (Lipinski definition) is 4. The predicted octanol–water partition coefficient (Wildman–Crippen LogP) is 4.90. The van der Waals surface area contributed by atoms with Crippen molar-refractivity contribution in [3.63, 3.8) is 0 Å². The number of nitrogens with one attached hydrogen (secondary N) is 2. The zero-order valence-electron chi connectivity index (χ0n) is 29.5. The first kappa shape index (κ1) is 40.1. The number of ether oxygens (including phenoxy) is 1. The van der Waals surface area contributed by atoms with Gasteiger partial charge < -0.3 is 39.3 Å². The van der Waals surface area contributed by atoms with Gasteiger partial charge in [-0.1, -0.05) is 33.1 Å². The van der Waals surface area contributed by atoms with Crippen molar-refractivity contribution in [1.82, 2.24) is 15.7 Å². The summed E-state index contributed by atoms with van der Waals surface area (Å²) in [7, 11) is -4.62. The molecule has 4 N–H and O–H groups in total. The van der Waals surface area contributed by atoms with Crippen LogP contribution in [0.2, 0.25) is 0 Å². The largest absolute Gasteiger partial charge is 0.494 e. The molecule has 0 aliphatic carbocycles. The van der Waals surface area contributed by atoms with Crippen LogP contribution in [0.1, 0.15) is 86.6 Å². The molecule has 4 rings (SSSR count). The topological polar surface area (TPSA) is 188 Å². The van der Waals surface area contributed by atoms with Crippen LogP contribution in [0.25, 0.3) is 11.3 Å². The van der Waals surface area contributed by atoms with Crippen molar-refractivity contribution < 1.29 is 51.9 Å². The Labute approximate surface area is 301 Å². The van der Waals surface area contributed by atoms with E-state index in [0.29, 0.717) is 24.9 Å². The van der Waals surface area contributed by atoms with Gasteiger partial charge in [0.25, 0.3) is 5.91 Å². The molecule has 16 heteroatoms. The number of rotatable bonds is 19. The number of anilines is 1. The quantitative estimate of drug-likeness (QED) is 0.0430. The standard InChI is InChI=1S/C36H46FN4O10P/c1-4-7-8-11-28(30(5-2)41(23-42)51-36(45)24-12-13-31(29(37)20-24)40-16-9-10-17-40)34(43)38-22-39-35(44)33-15-14-32(50-33)25-18-26(49-6-3)21-27(19-25)52(46,47)48/h12-15,18-21,23,28,30H,4-11,16-17,22H2,1-3H3,(H,38,43)(H,39,44)(H2,46,47,48). The van der Waals surface area contributed by atoms with E-state index in [1.807, 2.05) is 11.8 Å². The molecule has 0 radical (unpaired) electrons. The zero-order chi connectivity index (χ0) is 37.8. The Morgan fingerprint density at radius 3 is 2.42 bits per heavy atom. The van der Waals surface area contributed by atoms with E-state index in [-0.39, 0.29) is 53.4 Å². The second-order valence-electron chi connectivity index (χ2n) is 12.4. The smallest absolute Gasteiger partial charge is 0.363 e. The number of carbonyl (C=O) groups is 4. The van der Waals surface area contributed by atoms with Crippen LogP contribution in [0.15, 0.2) is 52.9 Å². The molecule has 3 amide bonds. The Bertz CT molecular complexity index is 1760. The fourth-order valence-electron chi connectivity index (χ4n) is 6.11. The summed E-state index contributed by atoms with van der Waals surface area (Å²) < 4.78 is 37.9. The number of hydroxylamine groups is 2. The minimum atomic E-state index is -4.62. The van der Waals surface area contributed by atoms with Gasteiger partial charge in [0.15, 0.2) is 5.76 Å². The Morgan fingerprint density at radius 2 is 1.79 bits per heavy atom. The van der Waals surface area contributed by atoms with Gasteiger partial charge in [0, 0.05) is 18.7 Å². The van der Waals surface area contributed by atoms with Crippen LogP contribution >= 0.6 is 7.60 Å². The number of hydrogen-bond acceptors (Lipinski definition) is 9. The summed E-state index contributed by atoms with van der Waals surface area (Å²) in [6.07, 6.45) is 5.16. The molecule has 14 nitrogen and oxygen atoms in total. The molecule has 2 heterocycles. The summed E-state index contributed by atoms with van der Waals surface area (Å²) >= 11 is 0. The van der Waals surface area contributed by atoms with E-state index in [9.17, 15) is 37.9 Å². The summed E-state index contributed by atoms with van der Waals surface area (Å²) in [4.78, 5) is 78.4. The van der Waals surface area contributed by atoms with E-state index in [1.54, 1.807) is 13.8 Å². The first-order valence-corrected chi connectivity index (χ1v) is 19.0. The normalized spacial score (nSPS) is 14.0. The van der Waals surface area contributed by atoms with Crippen molar-refractivity contribution in [1.29, 1.82) is 0 Å². The Morgan fingerprint density at radius 1 is 1.04 bits per heavy atom. The van der Waals surface area contributed by atoms with E-state index in [4.69, 9.17) is 14.0 Å². The summed E-state index contributed by atoms with van der Waals surface area (Å²) in [6, 6.07) is 10.0. The fourth-order valence-corrected chi connectivity index (χ4v) is 6.71. The molecule has 2 unspecified atom stereocenters. The number of nitrogens with zero attached hydrogens (tertiary/aromatic N) is 2. The molecule has 1 aliphatic heterocycles. The predicted molar refractivity (Wildman–Crippen MR) is 190 cm³/mol. The molecule has 1 fully saturated rings. The average Bonchev–Trinajstić information content (AvgIpc) is 3.84. The van der Waals surface area contributed by atoms with Gasteiger partial charge in [-0.05, 0) is 81.1 Å². The van der Waals surface area contributed by atoms with Crippen LogP contribution in [0.5, 0.6) is 5.75 Å². The highest BCUT2D eigenvalue weighted by Crippen LogP contribution is 2.37. The van der Waals surface area contributed by atoms with E-state index in [0.717, 1.165) is 49.9 Å². The maximum atomic E-state index is 14.9. The Kier molecular flexibility index (Phi) is 14.4. The van der Waals surface area contributed by atoms with Crippen molar-refractivity contribution in [3.05, 3.63) is 65.7 Å². The lowest BCUT2D eigenvalue weighted by atomic mass is 9.90. The van der Waals surface area contributed by atoms with Crippen molar-refractivity contribution in [2.75, 3.05) is 31.3 Å². The molecule has 0 saturated carbocycles. The molecule has 1 aliphatic rings. The average molecular weight is 745 g/mol. The highest BCUT2D eigenvalue weighted by Gasteiger charge is 2.34. The molecule has 282 valence electrons. The Balaban J connectivity index is 1.41. The zero-order valence-corrected chi connectivity index (χ0v) is 30.4. The lowest BCUT2D eigenvalue weighted by molar-refractivity contribution is -0.171. The summed E-state index contributed by atoms with van der Waals surface area (Å²) in [6.45, 7) is 6.86. The van der Waals surface area contributed by atoms with Crippen molar-refractivity contribution >= 4 is 42.8 Å². The monoisotopic (exact) mass is 744 g/mol. The maximum Gasteiger partial charge on any atom is 0.363 e. The second-order valence-corrected chi connectivity index (χ2v) is 14.0. The van der Waals surface area contributed by atoms with Crippen molar-refractivity contribution in [2.45, 2.75) is 71.8 Å². The molecule has 52 heavy (non-hydrogen) atoms. The first-order valence-electron chi connectivity index (χ1n) is 17.4. The molecular formula is C36H46FN4O10P. The summed E-state index contributed by atoms with van der Waals surface area (Å²) in [5.41, 5.74) is 0.591. The van der Waals surface area contributed by atoms with Gasteiger partial charge in [-0.15, -0.1) is 0 Å². The van der Waals surface area contributed by atoms with Gasteiger partial charge in [-0.25, -0.2) is 9.18 Å². The van der Waals surface area contributed by atoms with Crippen LogP contribution in [0.3, 0.4) is 0 Å². The van der Waals surface area contributed by atoms with E-state index in [2.05, 4.69) is 10.6 Å². The number of benzene rings is 2. The van der Waals surface area contributed by atoms with Crippen LogP contribution in [0.4, 0.5) is 10.1 Å². The third kappa shape index (κ3) is 10.4. The molecular weight excluding hydrogens is 698 g/mol. The molecule has 2 atom stereocenters. The fraction of sp³-hybridized carbons (Fsp3) is 0.444. The Hall–Kier alpha value is -4.72. The number of halogens is 1. The number of carbonyl (C=O) groups excluding carboxylic acids is 4. The third-order valence-electron chi connectivity index (χ3n) is 8.75. The molecule has 0 spiro atoms. The second kappa shape index (κ2) is 18.7. The third-order valence-corrected chi connectivity index (χ3v) is 9.68. The highest BCUT2D eigenvalue weighted by atomic mass is 31.2.